The first-order valence-corrected chi connectivity index (χ1v) is 10.8. The second kappa shape index (κ2) is 12.6. The largest absolute Gasteiger partial charge is 0.359 e. The van der Waals surface area contributed by atoms with Gasteiger partial charge in [-0.1, -0.05) is 12.1 Å². The maximum atomic E-state index is 12.6. The molecular weight excluding hydrogens is 523 g/mol. The van der Waals surface area contributed by atoms with Gasteiger partial charge in [0.2, 0.25) is 11.8 Å². The Morgan fingerprint density at radius 2 is 1.81 bits per heavy atom. The molecule has 0 radical (unpaired) electrons. The summed E-state index contributed by atoms with van der Waals surface area (Å²) in [7, 11) is 3.45. The van der Waals surface area contributed by atoms with Crippen LogP contribution in [0.3, 0.4) is 0 Å². The number of hydrogen-bond donors (Lipinski definition) is 3. The average Bonchev–Trinajstić information content (AvgIpc) is 2.80. The number of piperazine rings is 1. The van der Waals surface area contributed by atoms with Crippen molar-refractivity contribution in [2.24, 2.45) is 10.9 Å². The summed E-state index contributed by atoms with van der Waals surface area (Å²) in [5.74, 6) is 1.13. The van der Waals surface area contributed by atoms with E-state index in [0.29, 0.717) is 37.5 Å². The van der Waals surface area contributed by atoms with Crippen LogP contribution in [-0.2, 0) is 16.1 Å². The zero-order valence-electron chi connectivity index (χ0n) is 18.7. The van der Waals surface area contributed by atoms with Crippen LogP contribution in [-0.4, -0.2) is 80.3 Å². The second-order valence-corrected chi connectivity index (χ2v) is 7.98. The fourth-order valence-corrected chi connectivity index (χ4v) is 3.99. The van der Waals surface area contributed by atoms with Crippen LogP contribution in [0.5, 0.6) is 0 Å². The molecule has 3 N–H and O–H groups in total. The molecule has 0 spiro atoms. The fraction of sp³-hybridized carbons (Fsp3) is 0.545. The number of nitrogens with one attached hydrogen (secondary N) is 3. The summed E-state index contributed by atoms with van der Waals surface area (Å²) >= 11 is 0. The monoisotopic (exact) mass is 556 g/mol. The Bertz CT molecular complexity index is 821. The zero-order chi connectivity index (χ0) is 22.2. The molecular formula is C22H33IN6O3. The average molecular weight is 556 g/mol. The Hall–Kier alpha value is -2.37. The van der Waals surface area contributed by atoms with Gasteiger partial charge in [-0.2, -0.15) is 0 Å². The predicted octanol–water partition coefficient (Wildman–Crippen LogP) is 0.800. The maximum absolute atomic E-state index is 12.6. The molecule has 10 heteroatoms. The standard InChI is InChI=1S/C22H32N6O3.HI/c1-23-19(29)13-16-7-10-27(11-8-16)22(24-2)26-14-17-3-5-18(6-4-17)21(31)28-12-9-25-20(30)15-28;/h3-6,16H,7-15H2,1-2H3,(H,23,29)(H,24,26)(H,25,30);1H. The van der Waals surface area contributed by atoms with Crippen molar-refractivity contribution in [1.29, 1.82) is 0 Å². The van der Waals surface area contributed by atoms with E-state index in [9.17, 15) is 14.4 Å². The number of rotatable bonds is 5. The van der Waals surface area contributed by atoms with Gasteiger partial charge in [0, 0.05) is 58.8 Å². The molecule has 2 aliphatic heterocycles. The third-order valence-corrected chi connectivity index (χ3v) is 5.86. The molecule has 3 rings (SSSR count). The summed E-state index contributed by atoms with van der Waals surface area (Å²) < 4.78 is 0. The van der Waals surface area contributed by atoms with Crippen molar-refractivity contribution in [2.75, 3.05) is 46.8 Å². The van der Waals surface area contributed by atoms with E-state index in [1.54, 1.807) is 31.1 Å². The number of carbonyl (C=O) groups excluding carboxylic acids is 3. The lowest BCUT2D eigenvalue weighted by Crippen LogP contribution is -2.49. The number of carbonyl (C=O) groups is 3. The lowest BCUT2D eigenvalue weighted by Gasteiger charge is -2.34. The van der Waals surface area contributed by atoms with Crippen molar-refractivity contribution < 1.29 is 14.4 Å². The molecule has 1 aromatic carbocycles. The van der Waals surface area contributed by atoms with E-state index < -0.39 is 0 Å². The van der Waals surface area contributed by atoms with E-state index in [-0.39, 0.29) is 48.2 Å². The number of halogens is 1. The van der Waals surface area contributed by atoms with Gasteiger partial charge in [-0.3, -0.25) is 19.4 Å². The molecule has 1 aromatic rings. The van der Waals surface area contributed by atoms with Gasteiger partial charge in [0.25, 0.3) is 5.91 Å². The van der Waals surface area contributed by atoms with E-state index >= 15 is 0 Å². The Morgan fingerprint density at radius 3 is 2.41 bits per heavy atom. The summed E-state index contributed by atoms with van der Waals surface area (Å²) in [4.78, 5) is 43.8. The van der Waals surface area contributed by atoms with Gasteiger partial charge in [0.05, 0.1) is 6.54 Å². The highest BCUT2D eigenvalue weighted by Crippen LogP contribution is 2.20. The van der Waals surface area contributed by atoms with Crippen molar-refractivity contribution in [3.05, 3.63) is 35.4 Å². The lowest BCUT2D eigenvalue weighted by atomic mass is 9.93. The minimum absolute atomic E-state index is 0. The van der Waals surface area contributed by atoms with E-state index in [4.69, 9.17) is 0 Å². The minimum atomic E-state index is -0.121. The summed E-state index contributed by atoms with van der Waals surface area (Å²) in [5.41, 5.74) is 1.63. The van der Waals surface area contributed by atoms with Gasteiger partial charge in [0.1, 0.15) is 0 Å². The highest BCUT2D eigenvalue weighted by Gasteiger charge is 2.24. The number of amides is 3. The maximum Gasteiger partial charge on any atom is 0.254 e. The van der Waals surface area contributed by atoms with Gasteiger partial charge >= 0.3 is 0 Å². The summed E-state index contributed by atoms with van der Waals surface area (Å²) in [6.07, 6.45) is 2.53. The predicted molar refractivity (Wildman–Crippen MR) is 134 cm³/mol. The van der Waals surface area contributed by atoms with Gasteiger partial charge in [-0.05, 0) is 36.5 Å². The molecule has 0 unspecified atom stereocenters. The van der Waals surface area contributed by atoms with Crippen LogP contribution >= 0.6 is 24.0 Å². The molecule has 0 saturated carbocycles. The van der Waals surface area contributed by atoms with E-state index in [2.05, 4.69) is 25.8 Å². The number of benzene rings is 1. The third kappa shape index (κ3) is 7.07. The zero-order valence-corrected chi connectivity index (χ0v) is 21.1. The molecule has 2 aliphatic rings. The van der Waals surface area contributed by atoms with Crippen LogP contribution in [0.15, 0.2) is 29.3 Å². The van der Waals surface area contributed by atoms with Gasteiger partial charge in [-0.15, -0.1) is 24.0 Å². The Balaban J connectivity index is 0.00000363. The number of hydrogen-bond acceptors (Lipinski definition) is 4. The third-order valence-electron chi connectivity index (χ3n) is 5.86. The Kier molecular flexibility index (Phi) is 10.2. The molecule has 0 aromatic heterocycles. The van der Waals surface area contributed by atoms with Crippen molar-refractivity contribution >= 4 is 47.7 Å². The quantitative estimate of drug-likeness (QED) is 0.283. The molecule has 2 heterocycles. The van der Waals surface area contributed by atoms with Crippen molar-refractivity contribution in [3.8, 4) is 0 Å². The molecule has 176 valence electrons. The number of guanidine groups is 1. The van der Waals surface area contributed by atoms with Crippen LogP contribution in [0.2, 0.25) is 0 Å². The molecule has 2 saturated heterocycles. The van der Waals surface area contributed by atoms with Crippen molar-refractivity contribution in [1.82, 2.24) is 25.8 Å². The molecule has 0 atom stereocenters. The van der Waals surface area contributed by atoms with Gasteiger partial charge in [0.15, 0.2) is 5.96 Å². The molecule has 9 nitrogen and oxygen atoms in total. The number of likely N-dealkylation sites (tertiary alicyclic amines) is 1. The SMILES string of the molecule is CN=C(NCc1ccc(C(=O)N2CCNC(=O)C2)cc1)N1CCC(CC(=O)NC)CC1.I. The van der Waals surface area contributed by atoms with E-state index in [1.165, 1.54) is 0 Å². The van der Waals surface area contributed by atoms with Crippen LogP contribution in [0, 0.1) is 5.92 Å². The Morgan fingerprint density at radius 1 is 1.12 bits per heavy atom. The summed E-state index contributed by atoms with van der Waals surface area (Å²) in [6.45, 7) is 3.48. The first-order valence-electron chi connectivity index (χ1n) is 10.8. The van der Waals surface area contributed by atoms with Crippen molar-refractivity contribution in [2.45, 2.75) is 25.8 Å². The van der Waals surface area contributed by atoms with E-state index in [1.807, 2.05) is 12.1 Å². The van der Waals surface area contributed by atoms with Gasteiger partial charge in [-0.25, -0.2) is 0 Å². The molecule has 32 heavy (non-hydrogen) atoms. The normalized spacial score (nSPS) is 17.3. The fourth-order valence-electron chi connectivity index (χ4n) is 3.99. The first kappa shape index (κ1) is 25.9. The second-order valence-electron chi connectivity index (χ2n) is 7.98. The van der Waals surface area contributed by atoms with Crippen LogP contribution < -0.4 is 16.0 Å². The molecule has 2 fully saturated rings. The number of aliphatic imine (C=N–C) groups is 1. The summed E-state index contributed by atoms with van der Waals surface area (Å²) in [5, 5.41) is 8.81. The first-order chi connectivity index (χ1) is 15.0. The topological polar surface area (TPSA) is 106 Å². The molecule has 0 bridgehead atoms. The Labute approximate surface area is 206 Å². The number of nitrogens with zero attached hydrogens (tertiary/aromatic N) is 3. The van der Waals surface area contributed by atoms with E-state index in [0.717, 1.165) is 37.5 Å². The van der Waals surface area contributed by atoms with Crippen LogP contribution in [0.4, 0.5) is 0 Å². The van der Waals surface area contributed by atoms with Crippen molar-refractivity contribution in [3.63, 3.8) is 0 Å². The minimum Gasteiger partial charge on any atom is -0.359 e. The number of piperidine rings is 1. The molecule has 3 amide bonds. The highest BCUT2D eigenvalue weighted by molar-refractivity contribution is 14.0. The molecule has 0 aliphatic carbocycles. The van der Waals surface area contributed by atoms with Gasteiger partial charge < -0.3 is 25.8 Å². The lowest BCUT2D eigenvalue weighted by molar-refractivity contribution is -0.123. The summed E-state index contributed by atoms with van der Waals surface area (Å²) in [6, 6.07) is 7.46. The highest BCUT2D eigenvalue weighted by atomic mass is 127. The smallest absolute Gasteiger partial charge is 0.254 e. The van der Waals surface area contributed by atoms with Crippen LogP contribution in [0.25, 0.3) is 0 Å². The van der Waals surface area contributed by atoms with Crippen LogP contribution in [0.1, 0.15) is 35.2 Å².